The molecule has 0 aliphatic heterocycles. The van der Waals surface area contributed by atoms with E-state index >= 15 is 0 Å². The van der Waals surface area contributed by atoms with Gasteiger partial charge in [0.2, 0.25) is 0 Å². The fourth-order valence-electron chi connectivity index (χ4n) is 4.52. The molecule has 0 saturated heterocycles. The van der Waals surface area contributed by atoms with Crippen molar-refractivity contribution in [3.8, 4) is 0 Å². The number of hydrogen-bond donors (Lipinski definition) is 0. The van der Waals surface area contributed by atoms with Gasteiger partial charge in [0.25, 0.3) is 0 Å². The van der Waals surface area contributed by atoms with E-state index in [1.807, 2.05) is 12.2 Å². The Morgan fingerprint density at radius 3 is 1.96 bits per heavy atom. The second-order valence-corrected chi connectivity index (χ2v) is 12.4. The van der Waals surface area contributed by atoms with Crippen molar-refractivity contribution < 1.29 is 38.2 Å². The Bertz CT molecular complexity index is 943. The minimum absolute atomic E-state index is 0.0187. The second kappa shape index (κ2) is 29.4. The normalized spacial score (nSPS) is 13.8. The zero-order valence-electron chi connectivity index (χ0n) is 29.5. The van der Waals surface area contributed by atoms with Gasteiger partial charge in [0.05, 0.1) is 40.3 Å². The Morgan fingerprint density at radius 1 is 0.674 bits per heavy atom. The minimum Gasteiger partial charge on any atom is -0.544 e. The van der Waals surface area contributed by atoms with Gasteiger partial charge in [-0.1, -0.05) is 93.9 Å². The van der Waals surface area contributed by atoms with E-state index < -0.39 is 18.1 Å². The van der Waals surface area contributed by atoms with Crippen molar-refractivity contribution in [2.24, 2.45) is 0 Å². The Labute approximate surface area is 279 Å². The number of aliphatic carboxylic acids is 1. The van der Waals surface area contributed by atoms with E-state index in [0.29, 0.717) is 12.8 Å². The lowest BCUT2D eigenvalue weighted by Crippen LogP contribution is -2.55. The van der Waals surface area contributed by atoms with Crippen LogP contribution in [0.4, 0.5) is 0 Å². The molecule has 0 aliphatic carbocycles. The molecule has 0 radical (unpaired) electrons. The lowest BCUT2D eigenvalue weighted by Gasteiger charge is -2.34. The first-order valence-corrected chi connectivity index (χ1v) is 17.3. The van der Waals surface area contributed by atoms with Crippen LogP contribution in [0.2, 0.25) is 0 Å². The van der Waals surface area contributed by atoms with Gasteiger partial charge in [-0.2, -0.15) is 0 Å². The SMILES string of the molecule is CC/C=C/C=C/C=C/CCCCCCCC(=O)OC(COCCC(C(=O)[O-])[N+](C)(C)C)COC(=O)CCCC/C=C/C/C=C/CC. The van der Waals surface area contributed by atoms with E-state index in [2.05, 4.69) is 62.5 Å². The fraction of sp³-hybridized carbons (Fsp3) is 0.658. The van der Waals surface area contributed by atoms with Crippen molar-refractivity contribution in [2.75, 3.05) is 41.0 Å². The molecule has 0 aromatic carbocycles. The molecule has 0 aromatic rings. The van der Waals surface area contributed by atoms with Crippen LogP contribution < -0.4 is 5.11 Å². The van der Waals surface area contributed by atoms with Crippen LogP contribution in [0.3, 0.4) is 0 Å². The molecular weight excluding hydrogens is 582 g/mol. The standard InChI is InChI=1S/C38H63NO7/c1-6-8-10-12-14-16-17-18-19-21-23-25-27-29-37(41)46-34(32-44-31-30-35(38(42)43)39(3,4)5)33-45-36(40)28-26-24-22-20-15-13-11-9-7-2/h8-12,14-17,20,34-35H,6-7,13,18-19,21-33H2,1-5H3/b10-8+,11-9+,14-12+,17-16+,20-15+. The average molecular weight is 646 g/mol. The van der Waals surface area contributed by atoms with E-state index in [0.717, 1.165) is 70.6 Å². The predicted molar refractivity (Wildman–Crippen MR) is 185 cm³/mol. The molecule has 262 valence electrons. The highest BCUT2D eigenvalue weighted by atomic mass is 16.6. The highest BCUT2D eigenvalue weighted by Gasteiger charge is 2.25. The van der Waals surface area contributed by atoms with Crippen molar-refractivity contribution in [2.45, 2.75) is 122 Å². The van der Waals surface area contributed by atoms with Crippen molar-refractivity contribution in [1.29, 1.82) is 0 Å². The average Bonchev–Trinajstić information content (AvgIpc) is 3.00. The summed E-state index contributed by atoms with van der Waals surface area (Å²) in [5.41, 5.74) is 0. The largest absolute Gasteiger partial charge is 0.544 e. The number of ether oxygens (including phenoxy) is 3. The number of carbonyl (C=O) groups excluding carboxylic acids is 3. The number of carboxylic acids is 1. The quantitative estimate of drug-likeness (QED) is 0.0285. The Kier molecular flexibility index (Phi) is 27.5. The number of unbranched alkanes of at least 4 members (excludes halogenated alkanes) is 7. The first-order valence-electron chi connectivity index (χ1n) is 17.3. The molecule has 8 heteroatoms. The van der Waals surface area contributed by atoms with E-state index in [-0.39, 0.29) is 49.1 Å². The highest BCUT2D eigenvalue weighted by Crippen LogP contribution is 2.11. The molecule has 0 rings (SSSR count). The maximum absolute atomic E-state index is 12.6. The molecule has 2 unspecified atom stereocenters. The van der Waals surface area contributed by atoms with E-state index in [9.17, 15) is 19.5 Å². The van der Waals surface area contributed by atoms with Crippen LogP contribution in [0, 0.1) is 0 Å². The molecule has 0 fully saturated rings. The van der Waals surface area contributed by atoms with Gasteiger partial charge in [-0.25, -0.2) is 0 Å². The molecule has 0 amide bonds. The minimum atomic E-state index is -1.14. The van der Waals surface area contributed by atoms with Crippen molar-refractivity contribution in [3.63, 3.8) is 0 Å². The summed E-state index contributed by atoms with van der Waals surface area (Å²) in [6.07, 6.45) is 32.6. The predicted octanol–water partition coefficient (Wildman–Crippen LogP) is 6.96. The summed E-state index contributed by atoms with van der Waals surface area (Å²) in [5, 5.41) is 11.5. The molecule has 46 heavy (non-hydrogen) atoms. The molecule has 0 spiro atoms. The number of allylic oxidation sites excluding steroid dienone is 10. The number of carbonyl (C=O) groups is 3. The van der Waals surface area contributed by atoms with Crippen LogP contribution in [-0.4, -0.2) is 75.5 Å². The lowest BCUT2D eigenvalue weighted by atomic mass is 10.1. The number of carboxylic acid groups (broad SMARTS) is 1. The molecule has 2 atom stereocenters. The summed E-state index contributed by atoms with van der Waals surface area (Å²) in [5.74, 6) is -1.82. The first kappa shape index (κ1) is 43.0. The van der Waals surface area contributed by atoms with E-state index in [4.69, 9.17) is 14.2 Å². The monoisotopic (exact) mass is 645 g/mol. The topological polar surface area (TPSA) is 102 Å². The van der Waals surface area contributed by atoms with E-state index in [1.54, 1.807) is 21.1 Å². The maximum atomic E-state index is 12.6. The zero-order valence-corrected chi connectivity index (χ0v) is 29.5. The highest BCUT2D eigenvalue weighted by molar-refractivity contribution is 5.70. The van der Waals surface area contributed by atoms with Gasteiger partial charge in [0.1, 0.15) is 12.6 Å². The Hall–Kier alpha value is -2.97. The van der Waals surface area contributed by atoms with Crippen LogP contribution in [0.15, 0.2) is 60.8 Å². The Morgan fingerprint density at radius 2 is 1.26 bits per heavy atom. The summed E-state index contributed by atoms with van der Waals surface area (Å²) in [6.45, 7) is 4.30. The van der Waals surface area contributed by atoms with E-state index in [1.165, 1.54) is 0 Å². The summed E-state index contributed by atoms with van der Waals surface area (Å²) in [7, 11) is 5.36. The van der Waals surface area contributed by atoms with Gasteiger partial charge in [0.15, 0.2) is 6.10 Å². The van der Waals surface area contributed by atoms with Crippen molar-refractivity contribution >= 4 is 17.9 Å². The van der Waals surface area contributed by atoms with Crippen LogP contribution >= 0.6 is 0 Å². The summed E-state index contributed by atoms with van der Waals surface area (Å²) < 4.78 is 16.9. The molecule has 0 saturated carbocycles. The molecule has 8 nitrogen and oxygen atoms in total. The smallest absolute Gasteiger partial charge is 0.306 e. The van der Waals surface area contributed by atoms with Crippen molar-refractivity contribution in [1.82, 2.24) is 0 Å². The second-order valence-electron chi connectivity index (χ2n) is 12.4. The zero-order chi connectivity index (χ0) is 34.3. The third-order valence-electron chi connectivity index (χ3n) is 7.21. The number of nitrogens with zero attached hydrogens (tertiary/aromatic N) is 1. The molecule has 0 bridgehead atoms. The molecule has 0 aromatic heterocycles. The number of rotatable bonds is 29. The first-order chi connectivity index (χ1) is 22.1. The Balaban J connectivity index is 4.56. The molecule has 0 N–H and O–H groups in total. The van der Waals surface area contributed by atoms with Crippen LogP contribution in [0.5, 0.6) is 0 Å². The van der Waals surface area contributed by atoms with Gasteiger partial charge in [-0.05, 0) is 57.8 Å². The van der Waals surface area contributed by atoms with Crippen LogP contribution in [0.1, 0.15) is 110 Å². The van der Waals surface area contributed by atoms with Gasteiger partial charge >= 0.3 is 11.9 Å². The van der Waals surface area contributed by atoms with Gasteiger partial charge in [-0.15, -0.1) is 0 Å². The maximum Gasteiger partial charge on any atom is 0.306 e. The van der Waals surface area contributed by atoms with Crippen LogP contribution in [-0.2, 0) is 28.6 Å². The molecule has 0 aliphatic rings. The van der Waals surface area contributed by atoms with Gasteiger partial charge < -0.3 is 28.6 Å². The number of quaternary nitrogens is 1. The van der Waals surface area contributed by atoms with Gasteiger partial charge in [0, 0.05) is 19.3 Å². The summed E-state index contributed by atoms with van der Waals surface area (Å²) in [4.78, 5) is 36.5. The third-order valence-corrected chi connectivity index (χ3v) is 7.21. The van der Waals surface area contributed by atoms with Gasteiger partial charge in [-0.3, -0.25) is 9.59 Å². The number of esters is 2. The lowest BCUT2D eigenvalue weighted by molar-refractivity contribution is -0.889. The summed E-state index contributed by atoms with van der Waals surface area (Å²) >= 11 is 0. The third kappa shape index (κ3) is 27.3. The molecule has 0 heterocycles. The number of hydrogen-bond acceptors (Lipinski definition) is 7. The fourth-order valence-corrected chi connectivity index (χ4v) is 4.52. The van der Waals surface area contributed by atoms with Crippen molar-refractivity contribution in [3.05, 3.63) is 60.8 Å². The summed E-state index contributed by atoms with van der Waals surface area (Å²) in [6, 6.07) is -0.734. The van der Waals surface area contributed by atoms with Crippen LogP contribution in [0.25, 0.3) is 0 Å². The number of likely N-dealkylation sites (N-methyl/N-ethyl adjacent to an activating group) is 1. The molecular formula is C38H63NO7.